The molecule has 0 saturated heterocycles. The fraction of sp³-hybridized carbons (Fsp3) is 0.154. The van der Waals surface area contributed by atoms with Gasteiger partial charge in [-0.15, -0.1) is 0 Å². The van der Waals surface area contributed by atoms with Crippen molar-refractivity contribution < 1.29 is 4.79 Å². The van der Waals surface area contributed by atoms with Gasteiger partial charge in [0, 0.05) is 5.56 Å². The molecule has 0 saturated carbocycles. The lowest BCUT2D eigenvalue weighted by Gasteiger charge is -2.06. The second kappa shape index (κ2) is 3.67. The third-order valence-corrected chi connectivity index (χ3v) is 2.77. The van der Waals surface area contributed by atoms with Crippen LogP contribution < -0.4 is 0 Å². The average molecular weight is 219 g/mol. The van der Waals surface area contributed by atoms with Crippen LogP contribution in [0.4, 0.5) is 0 Å². The Balaban J connectivity index is 2.88. The van der Waals surface area contributed by atoms with E-state index in [4.69, 9.17) is 11.6 Å². The predicted molar refractivity (Wildman–Crippen MR) is 63.6 cm³/mol. The molecule has 0 aliphatic carbocycles. The first kappa shape index (κ1) is 10.2. The quantitative estimate of drug-likeness (QED) is 0.665. The summed E-state index contributed by atoms with van der Waals surface area (Å²) < 4.78 is 0. The summed E-state index contributed by atoms with van der Waals surface area (Å²) in [7, 11) is 0. The normalized spacial score (nSPS) is 10.6. The molecule has 0 radical (unpaired) electrons. The van der Waals surface area contributed by atoms with Gasteiger partial charge >= 0.3 is 0 Å². The lowest BCUT2D eigenvalue weighted by Crippen LogP contribution is -1.95. The summed E-state index contributed by atoms with van der Waals surface area (Å²) in [6.45, 7) is 3.93. The van der Waals surface area contributed by atoms with Crippen LogP contribution in [0.15, 0.2) is 30.3 Å². The standard InChI is InChI=1S/C13H11ClO/c1-8-3-6-11-10(7-8)5-4-9(2)12(11)13(14)15/h3-7H,1-2H3. The third kappa shape index (κ3) is 1.75. The zero-order chi connectivity index (χ0) is 11.0. The molecule has 0 fully saturated rings. The molecule has 0 aromatic heterocycles. The largest absolute Gasteiger partial charge is 0.276 e. The number of halogens is 1. The van der Waals surface area contributed by atoms with Crippen LogP contribution in [-0.2, 0) is 0 Å². The molecule has 0 aliphatic heterocycles. The topological polar surface area (TPSA) is 17.1 Å². The molecule has 1 nitrogen and oxygen atoms in total. The summed E-state index contributed by atoms with van der Waals surface area (Å²) in [5, 5.41) is 1.60. The molecule has 2 heteroatoms. The van der Waals surface area contributed by atoms with Crippen molar-refractivity contribution >= 4 is 27.6 Å². The number of aryl methyl sites for hydroxylation is 2. The maximum Gasteiger partial charge on any atom is 0.253 e. The van der Waals surface area contributed by atoms with Gasteiger partial charge in [0.15, 0.2) is 0 Å². The highest BCUT2D eigenvalue weighted by molar-refractivity contribution is 6.68. The van der Waals surface area contributed by atoms with Crippen molar-refractivity contribution in [3.05, 3.63) is 47.0 Å². The fourth-order valence-electron chi connectivity index (χ4n) is 1.82. The van der Waals surface area contributed by atoms with Crippen LogP contribution in [0.25, 0.3) is 10.8 Å². The van der Waals surface area contributed by atoms with Gasteiger partial charge in [0.25, 0.3) is 5.24 Å². The molecule has 0 amide bonds. The Morgan fingerprint density at radius 2 is 1.87 bits per heavy atom. The molecule has 0 spiro atoms. The molecule has 0 unspecified atom stereocenters. The Morgan fingerprint density at radius 1 is 1.13 bits per heavy atom. The zero-order valence-electron chi connectivity index (χ0n) is 8.67. The van der Waals surface area contributed by atoms with E-state index in [9.17, 15) is 4.79 Å². The Labute approximate surface area is 93.7 Å². The van der Waals surface area contributed by atoms with Gasteiger partial charge in [-0.3, -0.25) is 4.79 Å². The minimum Gasteiger partial charge on any atom is -0.276 e. The smallest absolute Gasteiger partial charge is 0.253 e. The molecular weight excluding hydrogens is 208 g/mol. The molecule has 0 bridgehead atoms. The summed E-state index contributed by atoms with van der Waals surface area (Å²) in [6.07, 6.45) is 0. The fourth-order valence-corrected chi connectivity index (χ4v) is 2.07. The van der Waals surface area contributed by atoms with Gasteiger partial charge in [0.1, 0.15) is 0 Å². The first-order valence-electron chi connectivity index (χ1n) is 4.79. The molecule has 0 heterocycles. The maximum atomic E-state index is 11.3. The summed E-state index contributed by atoms with van der Waals surface area (Å²) >= 11 is 5.59. The molecule has 2 aromatic carbocycles. The van der Waals surface area contributed by atoms with Crippen LogP contribution in [0.1, 0.15) is 21.5 Å². The van der Waals surface area contributed by atoms with E-state index in [2.05, 4.69) is 6.07 Å². The maximum absolute atomic E-state index is 11.3. The average Bonchev–Trinajstić information content (AvgIpc) is 2.17. The lowest BCUT2D eigenvalue weighted by molar-refractivity contribution is 0.108. The van der Waals surface area contributed by atoms with Crippen LogP contribution in [0.3, 0.4) is 0 Å². The van der Waals surface area contributed by atoms with Gasteiger partial charge in [0.05, 0.1) is 0 Å². The number of rotatable bonds is 1. The van der Waals surface area contributed by atoms with Crippen LogP contribution in [0.5, 0.6) is 0 Å². The third-order valence-electron chi connectivity index (χ3n) is 2.58. The van der Waals surface area contributed by atoms with Gasteiger partial charge < -0.3 is 0 Å². The summed E-state index contributed by atoms with van der Waals surface area (Å²) in [6, 6.07) is 9.94. The van der Waals surface area contributed by atoms with Crippen molar-refractivity contribution in [2.24, 2.45) is 0 Å². The van der Waals surface area contributed by atoms with Gasteiger partial charge in [-0.2, -0.15) is 0 Å². The molecule has 15 heavy (non-hydrogen) atoms. The summed E-state index contributed by atoms with van der Waals surface area (Å²) in [5.74, 6) is 0. The number of hydrogen-bond acceptors (Lipinski definition) is 1. The van der Waals surface area contributed by atoms with Crippen molar-refractivity contribution in [1.82, 2.24) is 0 Å². The predicted octanol–water partition coefficient (Wildman–Crippen LogP) is 3.84. The Kier molecular flexibility index (Phi) is 2.49. The minimum absolute atomic E-state index is 0.387. The van der Waals surface area contributed by atoms with Crippen LogP contribution >= 0.6 is 11.6 Å². The van der Waals surface area contributed by atoms with Gasteiger partial charge in [-0.05, 0) is 41.8 Å². The highest BCUT2D eigenvalue weighted by Crippen LogP contribution is 2.24. The highest BCUT2D eigenvalue weighted by Gasteiger charge is 2.10. The number of benzene rings is 2. The van der Waals surface area contributed by atoms with Crippen molar-refractivity contribution in [2.75, 3.05) is 0 Å². The van der Waals surface area contributed by atoms with E-state index in [1.165, 1.54) is 5.56 Å². The van der Waals surface area contributed by atoms with E-state index >= 15 is 0 Å². The SMILES string of the molecule is Cc1ccc2c(C(=O)Cl)c(C)ccc2c1. The summed E-state index contributed by atoms with van der Waals surface area (Å²) in [4.78, 5) is 11.3. The van der Waals surface area contributed by atoms with Crippen molar-refractivity contribution in [3.8, 4) is 0 Å². The van der Waals surface area contributed by atoms with E-state index in [0.29, 0.717) is 5.56 Å². The second-order valence-corrected chi connectivity index (χ2v) is 4.10. The molecular formula is C13H11ClO. The van der Waals surface area contributed by atoms with Crippen LogP contribution in [0, 0.1) is 13.8 Å². The highest BCUT2D eigenvalue weighted by atomic mass is 35.5. The number of hydrogen-bond donors (Lipinski definition) is 0. The Hall–Kier alpha value is -1.34. The number of fused-ring (bicyclic) bond motifs is 1. The van der Waals surface area contributed by atoms with Crippen LogP contribution in [-0.4, -0.2) is 5.24 Å². The second-order valence-electron chi connectivity index (χ2n) is 3.76. The van der Waals surface area contributed by atoms with Gasteiger partial charge in [-0.25, -0.2) is 0 Å². The molecule has 2 rings (SSSR count). The monoisotopic (exact) mass is 218 g/mol. The number of carbonyl (C=O) groups is 1. The first-order valence-corrected chi connectivity index (χ1v) is 5.17. The first-order chi connectivity index (χ1) is 7.09. The van der Waals surface area contributed by atoms with Gasteiger partial charge in [-0.1, -0.05) is 35.9 Å². The van der Waals surface area contributed by atoms with E-state index in [1.54, 1.807) is 0 Å². The number of carbonyl (C=O) groups excluding carboxylic acids is 1. The molecule has 2 aromatic rings. The van der Waals surface area contributed by atoms with E-state index in [0.717, 1.165) is 16.3 Å². The van der Waals surface area contributed by atoms with E-state index in [1.807, 2.05) is 38.1 Å². The minimum atomic E-state index is -0.387. The van der Waals surface area contributed by atoms with Crippen LogP contribution in [0.2, 0.25) is 0 Å². The summed E-state index contributed by atoms with van der Waals surface area (Å²) in [5.41, 5.74) is 2.72. The van der Waals surface area contributed by atoms with E-state index in [-0.39, 0.29) is 5.24 Å². The van der Waals surface area contributed by atoms with Crippen molar-refractivity contribution in [3.63, 3.8) is 0 Å². The van der Waals surface area contributed by atoms with E-state index < -0.39 is 0 Å². The van der Waals surface area contributed by atoms with Gasteiger partial charge in [0.2, 0.25) is 0 Å². The lowest BCUT2D eigenvalue weighted by atomic mass is 9.99. The Bertz CT molecular complexity index is 543. The zero-order valence-corrected chi connectivity index (χ0v) is 9.43. The van der Waals surface area contributed by atoms with Crippen molar-refractivity contribution in [2.45, 2.75) is 13.8 Å². The molecule has 0 N–H and O–H groups in total. The molecule has 0 atom stereocenters. The van der Waals surface area contributed by atoms with Crippen molar-refractivity contribution in [1.29, 1.82) is 0 Å². The molecule has 0 aliphatic rings. The Morgan fingerprint density at radius 3 is 2.53 bits per heavy atom. The molecule has 76 valence electrons.